The molecule has 4 rings (SSSR count). The van der Waals surface area contributed by atoms with Crippen LogP contribution in [-0.2, 0) is 0 Å². The van der Waals surface area contributed by atoms with Crippen molar-refractivity contribution in [1.29, 1.82) is 0 Å². The van der Waals surface area contributed by atoms with Gasteiger partial charge < -0.3 is 5.11 Å². The standard InChI is InChI=1S/C17H12N2O/c1-10-5-6-11-7-8-14-13(16(11)18-10)9-12-3-2-4-15(20)17(12)19-14/h2-9,20H,1H3. The molecule has 1 N–H and O–H groups in total. The maximum atomic E-state index is 9.91. The lowest BCUT2D eigenvalue weighted by molar-refractivity contribution is 0.480. The molecule has 0 aliphatic carbocycles. The lowest BCUT2D eigenvalue weighted by atomic mass is 10.1. The average Bonchev–Trinajstić information content (AvgIpc) is 2.46. The third-order valence-electron chi connectivity index (χ3n) is 3.60. The molecule has 3 nitrogen and oxygen atoms in total. The molecule has 3 heteroatoms. The Morgan fingerprint density at radius 2 is 1.70 bits per heavy atom. The van der Waals surface area contributed by atoms with Crippen LogP contribution in [-0.4, -0.2) is 15.1 Å². The summed E-state index contributed by atoms with van der Waals surface area (Å²) in [5.41, 5.74) is 3.43. The van der Waals surface area contributed by atoms with Gasteiger partial charge in [0, 0.05) is 21.9 Å². The summed E-state index contributed by atoms with van der Waals surface area (Å²) >= 11 is 0. The molecule has 2 aromatic heterocycles. The number of phenolic OH excluding ortho intramolecular Hbond substituents is 1. The number of rotatable bonds is 0. The molecule has 0 amide bonds. The van der Waals surface area contributed by atoms with E-state index in [0.29, 0.717) is 5.52 Å². The quantitative estimate of drug-likeness (QED) is 0.384. The number of aromatic nitrogens is 2. The number of phenols is 1. The van der Waals surface area contributed by atoms with Gasteiger partial charge in [-0.3, -0.25) is 4.98 Å². The van der Waals surface area contributed by atoms with Gasteiger partial charge in [-0.2, -0.15) is 0 Å². The molecule has 0 atom stereocenters. The van der Waals surface area contributed by atoms with Crippen molar-refractivity contribution >= 4 is 32.7 Å². The maximum Gasteiger partial charge on any atom is 0.141 e. The minimum Gasteiger partial charge on any atom is -0.506 e. The lowest BCUT2D eigenvalue weighted by Crippen LogP contribution is -1.88. The van der Waals surface area contributed by atoms with Gasteiger partial charge in [-0.15, -0.1) is 0 Å². The van der Waals surface area contributed by atoms with Gasteiger partial charge in [0.2, 0.25) is 0 Å². The smallest absolute Gasteiger partial charge is 0.141 e. The van der Waals surface area contributed by atoms with Crippen molar-refractivity contribution in [3.05, 3.63) is 54.2 Å². The van der Waals surface area contributed by atoms with Crippen LogP contribution in [0.15, 0.2) is 48.5 Å². The highest BCUT2D eigenvalue weighted by atomic mass is 16.3. The van der Waals surface area contributed by atoms with Gasteiger partial charge in [0.15, 0.2) is 0 Å². The molecule has 0 unspecified atom stereocenters. The number of para-hydroxylation sites is 1. The van der Waals surface area contributed by atoms with Gasteiger partial charge in [-0.25, -0.2) is 4.98 Å². The highest BCUT2D eigenvalue weighted by Crippen LogP contribution is 2.29. The Morgan fingerprint density at radius 1 is 0.850 bits per heavy atom. The summed E-state index contributed by atoms with van der Waals surface area (Å²) in [6, 6.07) is 15.6. The molecule has 4 aromatic rings. The van der Waals surface area contributed by atoms with E-state index >= 15 is 0 Å². The molecule has 2 heterocycles. The van der Waals surface area contributed by atoms with E-state index in [9.17, 15) is 5.11 Å². The predicted molar refractivity (Wildman–Crippen MR) is 81.0 cm³/mol. The number of hydrogen-bond acceptors (Lipinski definition) is 3. The SMILES string of the molecule is Cc1ccc2ccc3nc4c(O)cccc4cc3c2n1. The van der Waals surface area contributed by atoms with Crippen LogP contribution in [0.2, 0.25) is 0 Å². The molecule has 0 bridgehead atoms. The summed E-state index contributed by atoms with van der Waals surface area (Å²) in [4.78, 5) is 9.20. The van der Waals surface area contributed by atoms with E-state index < -0.39 is 0 Å². The summed E-state index contributed by atoms with van der Waals surface area (Å²) in [7, 11) is 0. The molecule has 96 valence electrons. The third-order valence-corrected chi connectivity index (χ3v) is 3.60. The Bertz CT molecular complexity index is 977. The molecule has 0 radical (unpaired) electrons. The van der Waals surface area contributed by atoms with E-state index in [2.05, 4.69) is 16.0 Å². The van der Waals surface area contributed by atoms with Crippen LogP contribution in [0.4, 0.5) is 0 Å². The molecule has 0 saturated heterocycles. The molecular formula is C17H12N2O. The number of nitrogens with zero attached hydrogens (tertiary/aromatic N) is 2. The Hall–Kier alpha value is -2.68. The summed E-state index contributed by atoms with van der Waals surface area (Å²) in [6.45, 7) is 1.98. The van der Waals surface area contributed by atoms with Gasteiger partial charge >= 0.3 is 0 Å². The monoisotopic (exact) mass is 260 g/mol. The Balaban J connectivity index is 2.24. The highest BCUT2D eigenvalue weighted by Gasteiger charge is 2.07. The number of aryl methyl sites for hydroxylation is 1. The first-order valence-corrected chi connectivity index (χ1v) is 6.51. The minimum absolute atomic E-state index is 0.210. The molecule has 0 spiro atoms. The highest BCUT2D eigenvalue weighted by molar-refractivity contribution is 6.08. The molecule has 0 fully saturated rings. The first-order valence-electron chi connectivity index (χ1n) is 6.51. The topological polar surface area (TPSA) is 46.0 Å². The largest absolute Gasteiger partial charge is 0.506 e. The van der Waals surface area contributed by atoms with Gasteiger partial charge in [0.1, 0.15) is 11.3 Å². The minimum atomic E-state index is 0.210. The lowest BCUT2D eigenvalue weighted by Gasteiger charge is -2.06. The van der Waals surface area contributed by atoms with Gasteiger partial charge in [0.25, 0.3) is 0 Å². The zero-order chi connectivity index (χ0) is 13.7. The van der Waals surface area contributed by atoms with Crippen molar-refractivity contribution < 1.29 is 5.11 Å². The van der Waals surface area contributed by atoms with Crippen molar-refractivity contribution in [3.63, 3.8) is 0 Å². The second-order valence-electron chi connectivity index (χ2n) is 4.99. The maximum absolute atomic E-state index is 9.91. The van der Waals surface area contributed by atoms with Crippen LogP contribution in [0.25, 0.3) is 32.7 Å². The first-order chi connectivity index (χ1) is 9.72. The van der Waals surface area contributed by atoms with Gasteiger partial charge in [0.05, 0.1) is 11.0 Å². The number of benzene rings is 2. The van der Waals surface area contributed by atoms with Crippen LogP contribution in [0.5, 0.6) is 5.75 Å². The van der Waals surface area contributed by atoms with Crippen LogP contribution >= 0.6 is 0 Å². The van der Waals surface area contributed by atoms with E-state index in [4.69, 9.17) is 0 Å². The molecule has 20 heavy (non-hydrogen) atoms. The van der Waals surface area contributed by atoms with Crippen molar-refractivity contribution in [3.8, 4) is 5.75 Å². The third kappa shape index (κ3) is 1.53. The van der Waals surface area contributed by atoms with E-state index in [0.717, 1.165) is 32.9 Å². The van der Waals surface area contributed by atoms with Gasteiger partial charge in [-0.1, -0.05) is 24.3 Å². The molecule has 0 aliphatic rings. The second-order valence-corrected chi connectivity index (χ2v) is 4.99. The Kier molecular flexibility index (Phi) is 2.18. The molecular weight excluding hydrogens is 248 g/mol. The van der Waals surface area contributed by atoms with Crippen LogP contribution in [0.1, 0.15) is 5.69 Å². The second kappa shape index (κ2) is 3.90. The average molecular weight is 260 g/mol. The fourth-order valence-corrected chi connectivity index (χ4v) is 2.60. The molecule has 0 aliphatic heterocycles. The Morgan fingerprint density at radius 3 is 2.60 bits per heavy atom. The number of pyridine rings is 2. The van der Waals surface area contributed by atoms with Crippen molar-refractivity contribution in [2.75, 3.05) is 0 Å². The van der Waals surface area contributed by atoms with E-state index in [1.54, 1.807) is 6.07 Å². The summed E-state index contributed by atoms with van der Waals surface area (Å²) < 4.78 is 0. The van der Waals surface area contributed by atoms with E-state index in [-0.39, 0.29) is 5.75 Å². The van der Waals surface area contributed by atoms with E-state index in [1.165, 1.54) is 0 Å². The Labute approximate surface area is 115 Å². The fraction of sp³-hybridized carbons (Fsp3) is 0.0588. The van der Waals surface area contributed by atoms with Crippen LogP contribution in [0.3, 0.4) is 0 Å². The number of fused-ring (bicyclic) bond motifs is 4. The fourth-order valence-electron chi connectivity index (χ4n) is 2.60. The van der Waals surface area contributed by atoms with Crippen molar-refractivity contribution in [1.82, 2.24) is 9.97 Å². The normalized spacial score (nSPS) is 11.4. The zero-order valence-corrected chi connectivity index (χ0v) is 11.0. The summed E-state index contributed by atoms with van der Waals surface area (Å²) in [5, 5.41) is 13.0. The number of hydrogen-bond donors (Lipinski definition) is 1. The predicted octanol–water partition coefficient (Wildman–Crippen LogP) is 3.95. The first kappa shape index (κ1) is 11.2. The summed E-state index contributed by atoms with van der Waals surface area (Å²) in [5.74, 6) is 0.210. The van der Waals surface area contributed by atoms with Crippen LogP contribution < -0.4 is 0 Å². The van der Waals surface area contributed by atoms with Crippen LogP contribution in [0, 0.1) is 6.92 Å². The van der Waals surface area contributed by atoms with Gasteiger partial charge in [-0.05, 0) is 31.2 Å². The van der Waals surface area contributed by atoms with E-state index in [1.807, 2.05) is 43.3 Å². The number of aromatic hydroxyl groups is 1. The summed E-state index contributed by atoms with van der Waals surface area (Å²) in [6.07, 6.45) is 0. The molecule has 0 saturated carbocycles. The zero-order valence-electron chi connectivity index (χ0n) is 11.0. The molecule has 2 aromatic carbocycles. The van der Waals surface area contributed by atoms with Crippen molar-refractivity contribution in [2.45, 2.75) is 6.92 Å². The van der Waals surface area contributed by atoms with Crippen molar-refractivity contribution in [2.24, 2.45) is 0 Å².